The van der Waals surface area contributed by atoms with Crippen molar-refractivity contribution in [2.45, 2.75) is 50.6 Å². The van der Waals surface area contributed by atoms with Gasteiger partial charge in [-0.05, 0) is 34.1 Å². The smallest absolute Gasteiger partial charge is 0.399 e. The number of ether oxygens (including phenoxy) is 1. The van der Waals surface area contributed by atoms with E-state index in [9.17, 15) is 8.42 Å². The fourth-order valence-electron chi connectivity index (χ4n) is 2.46. The summed E-state index contributed by atoms with van der Waals surface area (Å²) in [5, 5.41) is 3.44. The van der Waals surface area contributed by atoms with Crippen molar-refractivity contribution in [2.24, 2.45) is 0 Å². The Morgan fingerprint density at radius 2 is 1.91 bits per heavy atom. The van der Waals surface area contributed by atoms with Crippen molar-refractivity contribution in [1.82, 2.24) is 9.19 Å². The largest absolute Gasteiger partial charge is 0.498 e. The molecule has 3 heterocycles. The molecule has 0 spiro atoms. The van der Waals surface area contributed by atoms with E-state index in [-0.39, 0.29) is 6.61 Å². The summed E-state index contributed by atoms with van der Waals surface area (Å²) in [5.74, 6) is 0. The van der Waals surface area contributed by atoms with Crippen LogP contribution in [0, 0.1) is 0 Å². The van der Waals surface area contributed by atoms with Crippen molar-refractivity contribution in [1.29, 1.82) is 0 Å². The molecule has 2 aliphatic rings. The molecule has 7 nitrogen and oxygen atoms in total. The van der Waals surface area contributed by atoms with E-state index in [1.54, 1.807) is 0 Å². The summed E-state index contributed by atoms with van der Waals surface area (Å²) in [7, 11) is -4.15. The van der Waals surface area contributed by atoms with Crippen LogP contribution >= 0.6 is 0 Å². The standard InChI is InChI=1S/C13H21BN2O5S/c1-12(2)13(3,4)21-14(20-12)10-7-15-16(8-10)22(17,18)11-5-6-19-9-11/h7-8,11H,5-6,9H2,1-4H3. The molecular formula is C13H21BN2O5S. The molecule has 22 heavy (non-hydrogen) atoms. The first-order valence-electron chi connectivity index (χ1n) is 7.36. The average Bonchev–Trinajstić information content (AvgIpc) is 3.11. The summed E-state index contributed by atoms with van der Waals surface area (Å²) in [6.07, 6.45) is 3.44. The number of aromatic nitrogens is 2. The molecule has 1 atom stereocenters. The van der Waals surface area contributed by atoms with E-state index in [0.29, 0.717) is 18.5 Å². The van der Waals surface area contributed by atoms with Gasteiger partial charge in [0.15, 0.2) is 0 Å². The Morgan fingerprint density at radius 3 is 2.45 bits per heavy atom. The lowest BCUT2D eigenvalue weighted by Gasteiger charge is -2.32. The fourth-order valence-corrected chi connectivity index (χ4v) is 3.87. The summed E-state index contributed by atoms with van der Waals surface area (Å²) >= 11 is 0. The zero-order valence-corrected chi connectivity index (χ0v) is 14.1. The van der Waals surface area contributed by atoms with Gasteiger partial charge in [-0.3, -0.25) is 0 Å². The Hall–Kier alpha value is -0.895. The highest BCUT2D eigenvalue weighted by molar-refractivity contribution is 7.90. The van der Waals surface area contributed by atoms with Crippen molar-refractivity contribution in [3.05, 3.63) is 12.4 Å². The van der Waals surface area contributed by atoms with E-state index in [2.05, 4.69) is 5.10 Å². The maximum atomic E-state index is 12.5. The van der Waals surface area contributed by atoms with E-state index < -0.39 is 33.6 Å². The molecule has 9 heteroatoms. The first kappa shape index (κ1) is 16.0. The van der Waals surface area contributed by atoms with Gasteiger partial charge in [0, 0.05) is 24.5 Å². The summed E-state index contributed by atoms with van der Waals surface area (Å²) in [6.45, 7) is 8.48. The quantitative estimate of drug-likeness (QED) is 0.735. The molecule has 1 aromatic heterocycles. The first-order valence-corrected chi connectivity index (χ1v) is 8.86. The van der Waals surface area contributed by atoms with Crippen molar-refractivity contribution in [3.63, 3.8) is 0 Å². The minimum absolute atomic E-state index is 0.216. The number of hydrogen-bond donors (Lipinski definition) is 0. The predicted molar refractivity (Wildman–Crippen MR) is 81.5 cm³/mol. The maximum Gasteiger partial charge on any atom is 0.498 e. The highest BCUT2D eigenvalue weighted by Crippen LogP contribution is 2.36. The second-order valence-corrected chi connectivity index (χ2v) is 8.84. The minimum Gasteiger partial charge on any atom is -0.399 e. The Morgan fingerprint density at radius 1 is 1.27 bits per heavy atom. The number of rotatable bonds is 3. The second kappa shape index (κ2) is 5.05. The SMILES string of the molecule is CC1(C)OB(c2cnn(S(=O)(=O)C3CCOC3)c2)OC1(C)C. The third-order valence-electron chi connectivity index (χ3n) is 4.68. The normalized spacial score (nSPS) is 27.5. The maximum absolute atomic E-state index is 12.5. The lowest BCUT2D eigenvalue weighted by molar-refractivity contribution is 0.00578. The zero-order valence-electron chi connectivity index (χ0n) is 13.3. The van der Waals surface area contributed by atoms with Crippen LogP contribution in [-0.4, -0.2) is 54.4 Å². The molecule has 1 unspecified atom stereocenters. The van der Waals surface area contributed by atoms with Crippen molar-refractivity contribution >= 4 is 22.6 Å². The van der Waals surface area contributed by atoms with Gasteiger partial charge < -0.3 is 14.0 Å². The summed E-state index contributed by atoms with van der Waals surface area (Å²) in [5.41, 5.74) is -0.350. The van der Waals surface area contributed by atoms with Crippen LogP contribution in [0.5, 0.6) is 0 Å². The molecule has 0 aliphatic carbocycles. The summed E-state index contributed by atoms with van der Waals surface area (Å²) in [4.78, 5) is 0. The highest BCUT2D eigenvalue weighted by atomic mass is 32.2. The number of hydrogen-bond acceptors (Lipinski definition) is 6. The lowest BCUT2D eigenvalue weighted by Crippen LogP contribution is -2.41. The highest BCUT2D eigenvalue weighted by Gasteiger charge is 2.52. The molecule has 0 amide bonds. The van der Waals surface area contributed by atoms with Gasteiger partial charge in [-0.15, -0.1) is 0 Å². The molecule has 0 aromatic carbocycles. The third-order valence-corrected chi connectivity index (χ3v) is 6.61. The van der Waals surface area contributed by atoms with Gasteiger partial charge in [0.25, 0.3) is 10.0 Å². The van der Waals surface area contributed by atoms with E-state index in [1.165, 1.54) is 12.4 Å². The topological polar surface area (TPSA) is 79.7 Å². The minimum atomic E-state index is -3.54. The van der Waals surface area contributed by atoms with Crippen LogP contribution in [0.25, 0.3) is 0 Å². The monoisotopic (exact) mass is 328 g/mol. The predicted octanol–water partition coefficient (Wildman–Crippen LogP) is 0.149. The molecular weight excluding hydrogens is 307 g/mol. The Balaban J connectivity index is 1.83. The van der Waals surface area contributed by atoms with Gasteiger partial charge in [-0.2, -0.15) is 9.19 Å². The van der Waals surface area contributed by atoms with E-state index in [1.807, 2.05) is 27.7 Å². The van der Waals surface area contributed by atoms with E-state index in [0.717, 1.165) is 4.09 Å². The molecule has 0 saturated carbocycles. The fraction of sp³-hybridized carbons (Fsp3) is 0.769. The van der Waals surface area contributed by atoms with Gasteiger partial charge in [-0.25, -0.2) is 8.42 Å². The molecule has 2 aliphatic heterocycles. The van der Waals surface area contributed by atoms with E-state index >= 15 is 0 Å². The van der Waals surface area contributed by atoms with E-state index in [4.69, 9.17) is 14.0 Å². The molecule has 0 radical (unpaired) electrons. The molecule has 1 aromatic rings. The third kappa shape index (κ3) is 2.49. The molecule has 2 fully saturated rings. The van der Waals surface area contributed by atoms with Crippen LogP contribution in [0.2, 0.25) is 0 Å². The van der Waals surface area contributed by atoms with Crippen LogP contribution in [0.1, 0.15) is 34.1 Å². The average molecular weight is 328 g/mol. The molecule has 0 bridgehead atoms. The number of nitrogens with zero attached hydrogens (tertiary/aromatic N) is 2. The summed E-state index contributed by atoms with van der Waals surface area (Å²) in [6, 6.07) is 0. The Kier molecular flexibility index (Phi) is 3.67. The van der Waals surface area contributed by atoms with Crippen molar-refractivity contribution < 1.29 is 22.5 Å². The Bertz CT molecular complexity index is 648. The second-order valence-electron chi connectivity index (χ2n) is 6.77. The van der Waals surface area contributed by atoms with Gasteiger partial charge in [-0.1, -0.05) is 0 Å². The van der Waals surface area contributed by atoms with Crippen molar-refractivity contribution in [2.75, 3.05) is 13.2 Å². The van der Waals surface area contributed by atoms with Crippen LogP contribution in [-0.2, 0) is 24.1 Å². The van der Waals surface area contributed by atoms with Gasteiger partial charge in [0.2, 0.25) is 0 Å². The first-order chi connectivity index (χ1) is 10.1. The van der Waals surface area contributed by atoms with Crippen LogP contribution in [0.4, 0.5) is 0 Å². The zero-order chi connectivity index (χ0) is 16.2. The summed E-state index contributed by atoms with van der Waals surface area (Å²) < 4.78 is 42.9. The van der Waals surface area contributed by atoms with Crippen LogP contribution < -0.4 is 5.46 Å². The van der Waals surface area contributed by atoms with Gasteiger partial charge in [0.05, 0.1) is 17.8 Å². The van der Waals surface area contributed by atoms with Gasteiger partial charge in [0.1, 0.15) is 5.25 Å². The van der Waals surface area contributed by atoms with Gasteiger partial charge >= 0.3 is 7.12 Å². The van der Waals surface area contributed by atoms with Crippen LogP contribution in [0.3, 0.4) is 0 Å². The Labute approximate surface area is 131 Å². The molecule has 3 rings (SSSR count). The lowest BCUT2D eigenvalue weighted by atomic mass is 9.82. The molecule has 122 valence electrons. The van der Waals surface area contributed by atoms with Crippen molar-refractivity contribution in [3.8, 4) is 0 Å². The molecule has 2 saturated heterocycles. The molecule has 0 N–H and O–H groups in total. The van der Waals surface area contributed by atoms with Crippen LogP contribution in [0.15, 0.2) is 12.4 Å².